The largest absolute Gasteiger partial charge is 0.493 e. The average molecular weight is 474 g/mol. The molecular formula is C24H24ClNO3S2. The summed E-state index contributed by atoms with van der Waals surface area (Å²) >= 11 is 12.9. The van der Waals surface area contributed by atoms with E-state index in [-0.39, 0.29) is 11.9 Å². The van der Waals surface area contributed by atoms with E-state index in [1.54, 1.807) is 7.11 Å². The summed E-state index contributed by atoms with van der Waals surface area (Å²) in [5.74, 6) is 1.27. The predicted octanol–water partition coefficient (Wildman–Crippen LogP) is 6.46. The van der Waals surface area contributed by atoms with Gasteiger partial charge in [-0.2, -0.15) is 0 Å². The van der Waals surface area contributed by atoms with Crippen LogP contribution in [0.4, 0.5) is 0 Å². The van der Waals surface area contributed by atoms with Gasteiger partial charge in [0, 0.05) is 11.1 Å². The Balaban J connectivity index is 1.52. The highest BCUT2D eigenvalue weighted by molar-refractivity contribution is 8.26. The van der Waals surface area contributed by atoms with Crippen molar-refractivity contribution in [2.75, 3.05) is 7.11 Å². The molecule has 2 aliphatic rings. The Kier molecular flexibility index (Phi) is 7.20. The normalized spacial score (nSPS) is 18.6. The summed E-state index contributed by atoms with van der Waals surface area (Å²) < 4.78 is 12.1. The smallest absolute Gasteiger partial charge is 0.266 e. The van der Waals surface area contributed by atoms with Gasteiger partial charge in [0.25, 0.3) is 5.91 Å². The Bertz CT molecular complexity index is 1000. The molecule has 0 atom stereocenters. The number of rotatable bonds is 6. The summed E-state index contributed by atoms with van der Waals surface area (Å²) in [5, 5.41) is 0.689. The minimum Gasteiger partial charge on any atom is -0.493 e. The fourth-order valence-corrected chi connectivity index (χ4v) is 5.45. The lowest BCUT2D eigenvalue weighted by Gasteiger charge is -2.29. The van der Waals surface area contributed by atoms with Gasteiger partial charge in [0.15, 0.2) is 11.5 Å². The van der Waals surface area contributed by atoms with E-state index >= 15 is 0 Å². The summed E-state index contributed by atoms with van der Waals surface area (Å²) in [6, 6.07) is 13.4. The molecule has 2 aromatic rings. The van der Waals surface area contributed by atoms with Crippen LogP contribution < -0.4 is 9.47 Å². The van der Waals surface area contributed by atoms with Crippen LogP contribution in [0.1, 0.15) is 43.2 Å². The zero-order valence-electron chi connectivity index (χ0n) is 17.3. The van der Waals surface area contributed by atoms with Crippen molar-refractivity contribution in [2.45, 2.75) is 44.8 Å². The highest BCUT2D eigenvalue weighted by atomic mass is 35.5. The molecule has 31 heavy (non-hydrogen) atoms. The molecule has 0 aromatic heterocycles. The van der Waals surface area contributed by atoms with Gasteiger partial charge < -0.3 is 9.47 Å². The Morgan fingerprint density at radius 3 is 2.58 bits per heavy atom. The number of nitrogens with zero attached hydrogens (tertiary/aromatic N) is 1. The maximum atomic E-state index is 13.0. The molecule has 4 nitrogen and oxygen atoms in total. The lowest BCUT2D eigenvalue weighted by Crippen LogP contribution is -2.39. The Morgan fingerprint density at radius 1 is 1.13 bits per heavy atom. The van der Waals surface area contributed by atoms with Gasteiger partial charge in [0.1, 0.15) is 10.9 Å². The Labute approximate surface area is 197 Å². The molecule has 0 spiro atoms. The van der Waals surface area contributed by atoms with Crippen molar-refractivity contribution < 1.29 is 14.3 Å². The number of methoxy groups -OCH3 is 1. The zero-order chi connectivity index (χ0) is 21.8. The number of amides is 1. The molecule has 162 valence electrons. The first-order chi connectivity index (χ1) is 15.0. The monoisotopic (exact) mass is 473 g/mol. The molecule has 1 aliphatic heterocycles. The van der Waals surface area contributed by atoms with E-state index < -0.39 is 0 Å². The van der Waals surface area contributed by atoms with Gasteiger partial charge in [-0.05, 0) is 54.3 Å². The Morgan fingerprint density at radius 2 is 1.87 bits per heavy atom. The fraction of sp³-hybridized carbons (Fsp3) is 0.333. The molecule has 1 saturated carbocycles. The number of carbonyl (C=O) groups excluding carboxylic acids is 1. The van der Waals surface area contributed by atoms with Crippen LogP contribution in [-0.2, 0) is 11.4 Å². The van der Waals surface area contributed by atoms with E-state index in [2.05, 4.69) is 0 Å². The molecule has 1 heterocycles. The van der Waals surface area contributed by atoms with Crippen LogP contribution in [0.25, 0.3) is 6.08 Å². The maximum absolute atomic E-state index is 13.0. The van der Waals surface area contributed by atoms with E-state index in [1.807, 2.05) is 53.4 Å². The van der Waals surface area contributed by atoms with Crippen LogP contribution in [-0.4, -0.2) is 28.3 Å². The molecule has 1 amide bonds. The first kappa shape index (κ1) is 22.2. The molecule has 0 N–H and O–H groups in total. The summed E-state index contributed by atoms with van der Waals surface area (Å²) in [6.45, 7) is 0.390. The second kappa shape index (κ2) is 10.1. The van der Waals surface area contributed by atoms with E-state index in [9.17, 15) is 4.79 Å². The fourth-order valence-electron chi connectivity index (χ4n) is 3.92. The van der Waals surface area contributed by atoms with E-state index in [0.717, 1.165) is 36.8 Å². The zero-order valence-corrected chi connectivity index (χ0v) is 19.7. The topological polar surface area (TPSA) is 38.8 Å². The van der Waals surface area contributed by atoms with Gasteiger partial charge in [0.05, 0.1) is 12.0 Å². The van der Waals surface area contributed by atoms with Gasteiger partial charge >= 0.3 is 0 Å². The summed E-state index contributed by atoms with van der Waals surface area (Å²) in [5.41, 5.74) is 1.88. The highest BCUT2D eigenvalue weighted by Crippen LogP contribution is 2.38. The number of ether oxygens (including phenoxy) is 2. The number of thiocarbonyl (C=S) groups is 1. The van der Waals surface area contributed by atoms with Crippen LogP contribution in [0.5, 0.6) is 11.5 Å². The van der Waals surface area contributed by atoms with Gasteiger partial charge in [0.2, 0.25) is 0 Å². The first-order valence-corrected chi connectivity index (χ1v) is 12.0. The predicted molar refractivity (Wildman–Crippen MR) is 131 cm³/mol. The molecule has 1 saturated heterocycles. The minimum atomic E-state index is 0.0151. The molecule has 0 radical (unpaired) electrons. The standard InChI is InChI=1S/C24H24ClNO3S2/c1-28-20-12-9-17(13-21(20)29-15-16-7-10-18(25)11-8-16)14-22-23(27)26(24(30)31-22)19-5-3-2-4-6-19/h7-14,19H,2-6,15H2,1H3/b22-14+. The summed E-state index contributed by atoms with van der Waals surface area (Å²) in [6.07, 6.45) is 7.51. The molecule has 2 fully saturated rings. The van der Waals surface area contributed by atoms with Crippen molar-refractivity contribution in [3.63, 3.8) is 0 Å². The van der Waals surface area contributed by atoms with Gasteiger partial charge in [-0.3, -0.25) is 9.69 Å². The average Bonchev–Trinajstić information content (AvgIpc) is 3.06. The maximum Gasteiger partial charge on any atom is 0.266 e. The lowest BCUT2D eigenvalue weighted by atomic mass is 9.94. The minimum absolute atomic E-state index is 0.0151. The van der Waals surface area contributed by atoms with Crippen molar-refractivity contribution in [1.29, 1.82) is 0 Å². The number of carbonyl (C=O) groups is 1. The number of thioether (sulfide) groups is 1. The van der Waals surface area contributed by atoms with Gasteiger partial charge in [-0.25, -0.2) is 0 Å². The molecule has 0 bridgehead atoms. The number of hydrogen-bond acceptors (Lipinski definition) is 5. The van der Waals surface area contributed by atoms with Crippen LogP contribution in [0.2, 0.25) is 5.02 Å². The van der Waals surface area contributed by atoms with Crippen LogP contribution >= 0.6 is 35.6 Å². The van der Waals surface area contributed by atoms with E-state index in [0.29, 0.717) is 32.4 Å². The van der Waals surface area contributed by atoms with Crippen molar-refractivity contribution in [1.82, 2.24) is 4.90 Å². The molecule has 1 aliphatic carbocycles. The molecule has 0 unspecified atom stereocenters. The SMILES string of the molecule is COc1ccc(/C=C2/SC(=S)N(C3CCCCC3)C2=O)cc1OCc1ccc(Cl)cc1. The Hall–Kier alpha value is -2.02. The highest BCUT2D eigenvalue weighted by Gasteiger charge is 2.37. The summed E-state index contributed by atoms with van der Waals surface area (Å²) in [4.78, 5) is 15.5. The second-order valence-electron chi connectivity index (χ2n) is 7.67. The molecule has 2 aromatic carbocycles. The quantitative estimate of drug-likeness (QED) is 0.355. The third-order valence-electron chi connectivity index (χ3n) is 5.56. The van der Waals surface area contributed by atoms with Crippen molar-refractivity contribution in [3.8, 4) is 11.5 Å². The first-order valence-electron chi connectivity index (χ1n) is 10.4. The van der Waals surface area contributed by atoms with Crippen LogP contribution in [0, 0.1) is 0 Å². The van der Waals surface area contributed by atoms with Crippen LogP contribution in [0.15, 0.2) is 47.4 Å². The molecule has 7 heteroatoms. The van der Waals surface area contributed by atoms with Crippen molar-refractivity contribution in [2.24, 2.45) is 0 Å². The summed E-state index contributed by atoms with van der Waals surface area (Å²) in [7, 11) is 1.61. The third-order valence-corrected chi connectivity index (χ3v) is 7.14. The van der Waals surface area contributed by atoms with Gasteiger partial charge in [-0.1, -0.05) is 73.0 Å². The number of hydrogen-bond donors (Lipinski definition) is 0. The van der Waals surface area contributed by atoms with E-state index in [1.165, 1.54) is 18.2 Å². The third kappa shape index (κ3) is 5.25. The van der Waals surface area contributed by atoms with Crippen LogP contribution in [0.3, 0.4) is 0 Å². The van der Waals surface area contributed by atoms with Crippen molar-refractivity contribution >= 4 is 51.9 Å². The molecule has 4 rings (SSSR count). The molecular weight excluding hydrogens is 450 g/mol. The van der Waals surface area contributed by atoms with E-state index in [4.69, 9.17) is 33.3 Å². The van der Waals surface area contributed by atoms with Crippen molar-refractivity contribution in [3.05, 3.63) is 63.5 Å². The lowest BCUT2D eigenvalue weighted by molar-refractivity contribution is -0.124. The number of halogens is 1. The van der Waals surface area contributed by atoms with Gasteiger partial charge in [-0.15, -0.1) is 0 Å². The number of benzene rings is 2. The second-order valence-corrected chi connectivity index (χ2v) is 9.78.